The minimum Gasteiger partial charge on any atom is -0.353 e. The molecule has 34 heavy (non-hydrogen) atoms. The fourth-order valence-corrected chi connectivity index (χ4v) is 4.67. The molecule has 1 aliphatic carbocycles. The lowest BCUT2D eigenvalue weighted by Gasteiger charge is -2.32. The molecule has 0 spiro atoms. The number of nitrogens with one attached hydrogen (secondary N) is 2. The first kappa shape index (κ1) is 24.2. The van der Waals surface area contributed by atoms with Gasteiger partial charge in [0.15, 0.2) is 0 Å². The molecule has 1 saturated carbocycles. The molecule has 2 heterocycles. The van der Waals surface area contributed by atoms with Crippen molar-refractivity contribution in [2.24, 2.45) is 5.92 Å². The van der Waals surface area contributed by atoms with Gasteiger partial charge in [-0.05, 0) is 68.6 Å². The number of hydrogen-bond donors (Lipinski definition) is 2. The SMILES string of the molecule is O=C(Nc1cccc(CN2CCC(C(=O)NC3CCCC3)CC2)c1)c1cc(C(F)(F)F)ccn1. The van der Waals surface area contributed by atoms with Crippen molar-refractivity contribution < 1.29 is 22.8 Å². The number of benzene rings is 1. The summed E-state index contributed by atoms with van der Waals surface area (Å²) >= 11 is 0. The topological polar surface area (TPSA) is 74.3 Å². The van der Waals surface area contributed by atoms with Crippen LogP contribution in [0.2, 0.25) is 0 Å². The van der Waals surface area contributed by atoms with Crippen molar-refractivity contribution in [2.75, 3.05) is 18.4 Å². The zero-order valence-electron chi connectivity index (χ0n) is 18.9. The van der Waals surface area contributed by atoms with Crippen LogP contribution in [0.4, 0.5) is 18.9 Å². The van der Waals surface area contributed by atoms with E-state index in [-0.39, 0.29) is 17.5 Å². The maximum Gasteiger partial charge on any atom is 0.416 e. The molecular formula is C25H29F3N4O2. The minimum atomic E-state index is -4.54. The fraction of sp³-hybridized carbons (Fsp3) is 0.480. The van der Waals surface area contributed by atoms with E-state index in [0.717, 1.165) is 62.7 Å². The van der Waals surface area contributed by atoms with Crippen LogP contribution in [0.25, 0.3) is 0 Å². The summed E-state index contributed by atoms with van der Waals surface area (Å²) < 4.78 is 38.7. The van der Waals surface area contributed by atoms with Crippen molar-refractivity contribution in [1.29, 1.82) is 0 Å². The first-order chi connectivity index (χ1) is 16.3. The quantitative estimate of drug-likeness (QED) is 0.641. The number of alkyl halides is 3. The predicted molar refractivity (Wildman–Crippen MR) is 122 cm³/mol. The van der Waals surface area contributed by atoms with Gasteiger partial charge in [0.2, 0.25) is 5.91 Å². The fourth-order valence-electron chi connectivity index (χ4n) is 4.67. The van der Waals surface area contributed by atoms with Gasteiger partial charge in [0, 0.05) is 30.4 Å². The Morgan fingerprint density at radius 3 is 2.47 bits per heavy atom. The number of halogens is 3. The summed E-state index contributed by atoms with van der Waals surface area (Å²) in [7, 11) is 0. The average molecular weight is 475 g/mol. The van der Waals surface area contributed by atoms with Gasteiger partial charge >= 0.3 is 6.18 Å². The number of piperidine rings is 1. The number of anilines is 1. The van der Waals surface area contributed by atoms with E-state index >= 15 is 0 Å². The Labute approximate surface area is 196 Å². The van der Waals surface area contributed by atoms with Crippen molar-refractivity contribution in [3.05, 3.63) is 59.4 Å². The van der Waals surface area contributed by atoms with Crippen LogP contribution >= 0.6 is 0 Å². The molecule has 182 valence electrons. The molecule has 2 aliphatic rings. The van der Waals surface area contributed by atoms with Gasteiger partial charge in [-0.15, -0.1) is 0 Å². The Morgan fingerprint density at radius 1 is 1.03 bits per heavy atom. The van der Waals surface area contributed by atoms with Crippen LogP contribution in [0.1, 0.15) is 60.1 Å². The minimum absolute atomic E-state index is 0.0578. The summed E-state index contributed by atoms with van der Waals surface area (Å²) in [6, 6.07) is 9.16. The highest BCUT2D eigenvalue weighted by atomic mass is 19.4. The third-order valence-electron chi connectivity index (χ3n) is 6.57. The number of carbonyl (C=O) groups excluding carboxylic acids is 2. The molecule has 0 unspecified atom stereocenters. The van der Waals surface area contributed by atoms with Crippen molar-refractivity contribution in [1.82, 2.24) is 15.2 Å². The molecule has 1 saturated heterocycles. The van der Waals surface area contributed by atoms with Crippen molar-refractivity contribution in [2.45, 2.75) is 57.3 Å². The van der Waals surface area contributed by atoms with Gasteiger partial charge in [-0.1, -0.05) is 25.0 Å². The van der Waals surface area contributed by atoms with Gasteiger partial charge < -0.3 is 10.6 Å². The summed E-state index contributed by atoms with van der Waals surface area (Å²) in [4.78, 5) is 31.0. The molecule has 1 aromatic heterocycles. The number of nitrogens with zero attached hydrogens (tertiary/aromatic N) is 2. The summed E-state index contributed by atoms with van der Waals surface area (Å²) in [5.41, 5.74) is 0.260. The number of likely N-dealkylation sites (tertiary alicyclic amines) is 1. The third-order valence-corrected chi connectivity index (χ3v) is 6.57. The molecule has 4 rings (SSSR count). The molecule has 2 amide bonds. The molecule has 2 fully saturated rings. The molecule has 6 nitrogen and oxygen atoms in total. The van der Waals surface area contributed by atoms with E-state index in [1.165, 1.54) is 12.8 Å². The number of aromatic nitrogens is 1. The van der Waals surface area contributed by atoms with Gasteiger partial charge in [0.05, 0.1) is 5.56 Å². The van der Waals surface area contributed by atoms with Gasteiger partial charge in [0.25, 0.3) is 5.91 Å². The van der Waals surface area contributed by atoms with Crippen molar-refractivity contribution in [3.63, 3.8) is 0 Å². The molecule has 1 aromatic carbocycles. The zero-order valence-corrected chi connectivity index (χ0v) is 18.9. The van der Waals surface area contributed by atoms with E-state index in [1.807, 2.05) is 12.1 Å². The smallest absolute Gasteiger partial charge is 0.353 e. The van der Waals surface area contributed by atoms with E-state index < -0.39 is 17.6 Å². The van der Waals surface area contributed by atoms with Crippen LogP contribution < -0.4 is 10.6 Å². The lowest BCUT2D eigenvalue weighted by molar-refractivity contribution is -0.137. The largest absolute Gasteiger partial charge is 0.416 e. The number of hydrogen-bond acceptors (Lipinski definition) is 4. The standard InChI is InChI=1S/C25H29F3N4O2/c26-25(27,28)19-8-11-29-22(15-19)24(34)31-21-7-3-4-17(14-21)16-32-12-9-18(10-13-32)23(33)30-20-5-1-2-6-20/h3-4,7-8,11,14-15,18,20H,1-2,5-6,9-10,12-13,16H2,(H,30,33)(H,31,34). The van der Waals surface area contributed by atoms with Gasteiger partial charge in [-0.25, -0.2) is 0 Å². The summed E-state index contributed by atoms with van der Waals surface area (Å²) in [6.07, 6.45) is 2.63. The van der Waals surface area contributed by atoms with Crippen molar-refractivity contribution >= 4 is 17.5 Å². The van der Waals surface area contributed by atoms with Crippen LogP contribution in [0.3, 0.4) is 0 Å². The molecule has 2 N–H and O–H groups in total. The number of amides is 2. The Kier molecular flexibility index (Phi) is 7.50. The van der Waals surface area contributed by atoms with Crippen LogP contribution in [0.5, 0.6) is 0 Å². The lowest BCUT2D eigenvalue weighted by Crippen LogP contribution is -2.42. The molecule has 1 aliphatic heterocycles. The Morgan fingerprint density at radius 2 is 1.76 bits per heavy atom. The van der Waals surface area contributed by atoms with E-state index in [9.17, 15) is 22.8 Å². The Bertz CT molecular complexity index is 1010. The second kappa shape index (κ2) is 10.5. The van der Waals surface area contributed by atoms with E-state index in [0.29, 0.717) is 18.3 Å². The van der Waals surface area contributed by atoms with Gasteiger partial charge in [-0.3, -0.25) is 19.5 Å². The highest BCUT2D eigenvalue weighted by molar-refractivity contribution is 6.03. The number of pyridine rings is 1. The average Bonchev–Trinajstić information content (AvgIpc) is 3.32. The molecule has 9 heteroatoms. The monoisotopic (exact) mass is 474 g/mol. The predicted octanol–water partition coefficient (Wildman–Crippen LogP) is 4.62. The second-order valence-corrected chi connectivity index (χ2v) is 9.12. The maximum atomic E-state index is 12.9. The maximum absolute atomic E-state index is 12.9. The van der Waals surface area contributed by atoms with Crippen LogP contribution in [-0.4, -0.2) is 40.8 Å². The van der Waals surface area contributed by atoms with E-state index in [4.69, 9.17) is 0 Å². The summed E-state index contributed by atoms with van der Waals surface area (Å²) in [5, 5.41) is 5.83. The van der Waals surface area contributed by atoms with Crippen LogP contribution in [-0.2, 0) is 17.5 Å². The molecule has 0 atom stereocenters. The van der Waals surface area contributed by atoms with Crippen LogP contribution in [0, 0.1) is 5.92 Å². The molecule has 0 radical (unpaired) electrons. The van der Waals surface area contributed by atoms with Crippen LogP contribution in [0.15, 0.2) is 42.6 Å². The Balaban J connectivity index is 1.29. The second-order valence-electron chi connectivity index (χ2n) is 9.12. The third kappa shape index (κ3) is 6.34. The molecule has 2 aromatic rings. The lowest BCUT2D eigenvalue weighted by atomic mass is 9.95. The summed E-state index contributed by atoms with van der Waals surface area (Å²) in [6.45, 7) is 2.30. The number of rotatable bonds is 6. The zero-order chi connectivity index (χ0) is 24.1. The Hall–Kier alpha value is -2.94. The molecule has 0 bridgehead atoms. The molecular weight excluding hydrogens is 445 g/mol. The van der Waals surface area contributed by atoms with Crippen molar-refractivity contribution in [3.8, 4) is 0 Å². The number of carbonyl (C=O) groups is 2. The van der Waals surface area contributed by atoms with Gasteiger partial charge in [-0.2, -0.15) is 13.2 Å². The highest BCUT2D eigenvalue weighted by Gasteiger charge is 2.31. The first-order valence-electron chi connectivity index (χ1n) is 11.7. The summed E-state index contributed by atoms with van der Waals surface area (Å²) in [5.74, 6) is -0.459. The first-order valence-corrected chi connectivity index (χ1v) is 11.7. The normalized spacial score (nSPS) is 18.1. The van der Waals surface area contributed by atoms with E-state index in [2.05, 4.69) is 20.5 Å². The van der Waals surface area contributed by atoms with Gasteiger partial charge in [0.1, 0.15) is 5.69 Å². The van der Waals surface area contributed by atoms with E-state index in [1.54, 1.807) is 12.1 Å². The highest BCUT2D eigenvalue weighted by Crippen LogP contribution is 2.29.